The Kier molecular flexibility index (Phi) is 4.01. The Morgan fingerprint density at radius 1 is 1.09 bits per heavy atom. The van der Waals surface area contributed by atoms with E-state index in [1.807, 2.05) is 30.3 Å². The third-order valence-corrected chi connectivity index (χ3v) is 3.36. The first kappa shape index (κ1) is 14.7. The molecule has 23 heavy (non-hydrogen) atoms. The lowest BCUT2D eigenvalue weighted by Crippen LogP contribution is -2.12. The summed E-state index contributed by atoms with van der Waals surface area (Å²) in [4.78, 5) is 12.1. The van der Waals surface area contributed by atoms with Gasteiger partial charge in [-0.25, -0.2) is 4.79 Å². The summed E-state index contributed by atoms with van der Waals surface area (Å²) >= 11 is 0. The van der Waals surface area contributed by atoms with Crippen molar-refractivity contribution in [3.8, 4) is 5.75 Å². The fourth-order valence-electron chi connectivity index (χ4n) is 2.22. The van der Waals surface area contributed by atoms with Crippen molar-refractivity contribution < 1.29 is 9.52 Å². The van der Waals surface area contributed by atoms with Gasteiger partial charge in [0.2, 0.25) is 0 Å². The van der Waals surface area contributed by atoms with Crippen molar-refractivity contribution in [1.82, 2.24) is 0 Å². The molecular weight excluding hydrogens is 292 g/mol. The second kappa shape index (κ2) is 6.27. The molecule has 0 aliphatic heterocycles. The van der Waals surface area contributed by atoms with Gasteiger partial charge in [0.25, 0.3) is 0 Å². The predicted octanol–water partition coefficient (Wildman–Crippen LogP) is 3.34. The van der Waals surface area contributed by atoms with E-state index in [0.717, 1.165) is 5.56 Å². The molecule has 3 rings (SSSR count). The van der Waals surface area contributed by atoms with E-state index in [9.17, 15) is 9.90 Å². The Morgan fingerprint density at radius 3 is 2.57 bits per heavy atom. The first-order valence-electron chi connectivity index (χ1n) is 7.04. The second-order valence-corrected chi connectivity index (χ2v) is 4.95. The normalized spacial score (nSPS) is 12.1. The Balaban J connectivity index is 2.01. The number of hydrogen-bond donors (Lipinski definition) is 1. The largest absolute Gasteiger partial charge is 0.506 e. The third-order valence-electron chi connectivity index (χ3n) is 3.36. The summed E-state index contributed by atoms with van der Waals surface area (Å²) in [6.07, 6.45) is 1.57. The molecule has 1 heterocycles. The summed E-state index contributed by atoms with van der Waals surface area (Å²) in [6.45, 7) is 1.60. The zero-order valence-electron chi connectivity index (χ0n) is 12.4. The molecule has 5 nitrogen and oxygen atoms in total. The molecule has 114 valence electrons. The van der Waals surface area contributed by atoms with Crippen molar-refractivity contribution in [3.63, 3.8) is 0 Å². The SMILES string of the molecule is C/C(=N\N=C\c1ccccc1)c1c(O)c2ccccc2oc1=O. The zero-order valence-corrected chi connectivity index (χ0v) is 12.4. The van der Waals surface area contributed by atoms with E-state index in [4.69, 9.17) is 4.42 Å². The van der Waals surface area contributed by atoms with Crippen LogP contribution in [0.1, 0.15) is 18.1 Å². The Morgan fingerprint density at radius 2 is 1.78 bits per heavy atom. The number of para-hydroxylation sites is 1. The molecule has 0 bridgehead atoms. The van der Waals surface area contributed by atoms with Gasteiger partial charge in [0.05, 0.1) is 17.3 Å². The maximum Gasteiger partial charge on any atom is 0.349 e. The van der Waals surface area contributed by atoms with Gasteiger partial charge in [-0.3, -0.25) is 0 Å². The van der Waals surface area contributed by atoms with Crippen LogP contribution in [0.2, 0.25) is 0 Å². The highest BCUT2D eigenvalue weighted by Gasteiger charge is 2.16. The minimum Gasteiger partial charge on any atom is -0.506 e. The maximum absolute atomic E-state index is 12.1. The van der Waals surface area contributed by atoms with Gasteiger partial charge in [-0.05, 0) is 24.6 Å². The van der Waals surface area contributed by atoms with E-state index < -0.39 is 5.63 Å². The molecule has 0 fully saturated rings. The molecule has 0 spiro atoms. The second-order valence-electron chi connectivity index (χ2n) is 4.95. The van der Waals surface area contributed by atoms with Gasteiger partial charge in [0.1, 0.15) is 16.9 Å². The summed E-state index contributed by atoms with van der Waals surface area (Å²) in [5.74, 6) is -0.145. The van der Waals surface area contributed by atoms with E-state index in [-0.39, 0.29) is 17.0 Å². The van der Waals surface area contributed by atoms with Crippen LogP contribution in [-0.2, 0) is 0 Å². The molecular formula is C18H14N2O3. The molecule has 3 aromatic rings. The highest BCUT2D eigenvalue weighted by molar-refractivity contribution is 6.04. The summed E-state index contributed by atoms with van der Waals surface area (Å²) in [5, 5.41) is 18.7. The summed E-state index contributed by atoms with van der Waals surface area (Å²) < 4.78 is 5.21. The van der Waals surface area contributed by atoms with Gasteiger partial charge in [0.15, 0.2) is 0 Å². The molecule has 0 radical (unpaired) electrons. The van der Waals surface area contributed by atoms with Crippen LogP contribution in [0.25, 0.3) is 11.0 Å². The van der Waals surface area contributed by atoms with E-state index in [1.165, 1.54) is 0 Å². The highest BCUT2D eigenvalue weighted by Crippen LogP contribution is 2.26. The van der Waals surface area contributed by atoms with Crippen molar-refractivity contribution in [3.05, 3.63) is 76.1 Å². The van der Waals surface area contributed by atoms with E-state index in [1.54, 1.807) is 37.4 Å². The molecule has 0 unspecified atom stereocenters. The van der Waals surface area contributed by atoms with E-state index in [2.05, 4.69) is 10.2 Å². The molecule has 1 aromatic heterocycles. The standard InChI is InChI=1S/C18H14N2O3/c1-12(20-19-11-13-7-3-2-4-8-13)16-17(21)14-9-5-6-10-15(14)23-18(16)22/h2-11,21H,1H3/b19-11+,20-12+. The summed E-state index contributed by atoms with van der Waals surface area (Å²) in [7, 11) is 0. The van der Waals surface area contributed by atoms with Crippen LogP contribution in [-0.4, -0.2) is 17.0 Å². The van der Waals surface area contributed by atoms with Crippen LogP contribution in [0.4, 0.5) is 0 Å². The number of aromatic hydroxyl groups is 1. The first-order valence-corrected chi connectivity index (χ1v) is 7.04. The van der Waals surface area contributed by atoms with Crippen molar-refractivity contribution in [1.29, 1.82) is 0 Å². The van der Waals surface area contributed by atoms with Gasteiger partial charge in [-0.1, -0.05) is 42.5 Å². The molecule has 0 aliphatic rings. The van der Waals surface area contributed by atoms with Crippen LogP contribution in [0, 0.1) is 0 Å². The fraction of sp³-hybridized carbons (Fsp3) is 0.0556. The Bertz CT molecular complexity index is 957. The lowest BCUT2D eigenvalue weighted by molar-refractivity contribution is 0.466. The molecule has 1 N–H and O–H groups in total. The minimum atomic E-state index is -0.641. The molecule has 0 amide bonds. The Hall–Kier alpha value is -3.21. The van der Waals surface area contributed by atoms with E-state index in [0.29, 0.717) is 11.0 Å². The van der Waals surface area contributed by atoms with Crippen LogP contribution >= 0.6 is 0 Å². The van der Waals surface area contributed by atoms with Gasteiger partial charge in [0, 0.05) is 0 Å². The molecule has 0 saturated heterocycles. The topological polar surface area (TPSA) is 75.2 Å². The molecule has 2 aromatic carbocycles. The van der Waals surface area contributed by atoms with Crippen LogP contribution in [0.5, 0.6) is 5.75 Å². The van der Waals surface area contributed by atoms with Crippen molar-refractivity contribution in [2.45, 2.75) is 6.92 Å². The predicted molar refractivity (Wildman–Crippen MR) is 90.4 cm³/mol. The van der Waals surface area contributed by atoms with Gasteiger partial charge < -0.3 is 9.52 Å². The molecule has 0 saturated carbocycles. The average Bonchev–Trinajstić information content (AvgIpc) is 2.56. The van der Waals surface area contributed by atoms with Crippen molar-refractivity contribution >= 4 is 22.9 Å². The first-order chi connectivity index (χ1) is 11.2. The Labute approximate surface area is 132 Å². The maximum atomic E-state index is 12.1. The van der Waals surface area contributed by atoms with Crippen molar-refractivity contribution in [2.24, 2.45) is 10.2 Å². The average molecular weight is 306 g/mol. The number of rotatable bonds is 3. The van der Waals surface area contributed by atoms with Crippen LogP contribution in [0.15, 0.2) is 74.0 Å². The monoisotopic (exact) mass is 306 g/mol. The number of fused-ring (bicyclic) bond motifs is 1. The summed E-state index contributed by atoms with van der Waals surface area (Å²) in [6, 6.07) is 16.2. The van der Waals surface area contributed by atoms with Gasteiger partial charge in [-0.2, -0.15) is 10.2 Å². The fourth-order valence-corrected chi connectivity index (χ4v) is 2.22. The molecule has 5 heteroatoms. The van der Waals surface area contributed by atoms with Gasteiger partial charge in [-0.15, -0.1) is 0 Å². The number of benzene rings is 2. The van der Waals surface area contributed by atoms with E-state index >= 15 is 0 Å². The highest BCUT2D eigenvalue weighted by atomic mass is 16.4. The molecule has 0 atom stereocenters. The smallest absolute Gasteiger partial charge is 0.349 e. The zero-order chi connectivity index (χ0) is 16.2. The lowest BCUT2D eigenvalue weighted by atomic mass is 10.1. The van der Waals surface area contributed by atoms with Crippen molar-refractivity contribution in [2.75, 3.05) is 0 Å². The van der Waals surface area contributed by atoms with Gasteiger partial charge >= 0.3 is 5.63 Å². The third kappa shape index (κ3) is 3.03. The lowest BCUT2D eigenvalue weighted by Gasteiger charge is -2.04. The van der Waals surface area contributed by atoms with Crippen LogP contribution < -0.4 is 5.63 Å². The minimum absolute atomic E-state index is 0.0221. The quantitative estimate of drug-likeness (QED) is 0.458. The van der Waals surface area contributed by atoms with Crippen LogP contribution in [0.3, 0.4) is 0 Å². The number of hydrogen-bond acceptors (Lipinski definition) is 5. The number of nitrogens with zero attached hydrogens (tertiary/aromatic N) is 2. The summed E-state index contributed by atoms with van der Waals surface area (Å²) in [5.41, 5.74) is 0.888. The molecule has 0 aliphatic carbocycles.